The first-order valence-corrected chi connectivity index (χ1v) is 12.1. The second-order valence-electron chi connectivity index (χ2n) is 8.40. The molecule has 0 aliphatic carbocycles. The van der Waals surface area contributed by atoms with Crippen LogP contribution >= 0.6 is 11.6 Å². The Morgan fingerprint density at radius 3 is 2.21 bits per heavy atom. The van der Waals surface area contributed by atoms with E-state index in [4.69, 9.17) is 20.8 Å². The smallest absolute Gasteiger partial charge is 0.374 e. The van der Waals surface area contributed by atoms with Crippen LogP contribution in [-0.4, -0.2) is 31.7 Å². The Morgan fingerprint density at radius 2 is 1.62 bits per heavy atom. The van der Waals surface area contributed by atoms with E-state index in [1.807, 2.05) is 12.1 Å². The van der Waals surface area contributed by atoms with Crippen LogP contribution in [0, 0.1) is 0 Å². The summed E-state index contributed by atoms with van der Waals surface area (Å²) in [4.78, 5) is 16.8. The minimum absolute atomic E-state index is 0.177. The second kappa shape index (κ2) is 9.82. The lowest BCUT2D eigenvalue weighted by atomic mass is 10.00. The molecular weight excluding hydrogens is 448 g/mol. The number of esters is 1. The summed E-state index contributed by atoms with van der Waals surface area (Å²) in [6.07, 6.45) is 2.00. The van der Waals surface area contributed by atoms with Crippen molar-refractivity contribution in [3.8, 4) is 0 Å². The molecule has 0 amide bonds. The quantitative estimate of drug-likeness (QED) is 0.280. The van der Waals surface area contributed by atoms with Gasteiger partial charge in [0.25, 0.3) is 0 Å². The number of furan rings is 1. The molecule has 1 fully saturated rings. The highest BCUT2D eigenvalue weighted by Crippen LogP contribution is 2.38. The Kier molecular flexibility index (Phi) is 6.45. The summed E-state index contributed by atoms with van der Waals surface area (Å²) in [5, 5.41) is 1.35. The lowest BCUT2D eigenvalue weighted by Crippen LogP contribution is -2.43. The summed E-state index contributed by atoms with van der Waals surface area (Å²) in [5.74, 6) is -0.296. The number of halogens is 1. The fourth-order valence-electron chi connectivity index (χ4n) is 4.73. The van der Waals surface area contributed by atoms with Gasteiger partial charge in [-0.25, -0.2) is 4.79 Å². The van der Waals surface area contributed by atoms with Crippen LogP contribution in [0.2, 0.25) is 5.02 Å². The molecule has 0 atom stereocenters. The largest absolute Gasteiger partial charge is 0.460 e. The van der Waals surface area contributed by atoms with Crippen molar-refractivity contribution in [2.75, 3.05) is 29.5 Å². The minimum Gasteiger partial charge on any atom is -0.460 e. The fourth-order valence-corrected chi connectivity index (χ4v) is 5.06. The molecule has 174 valence electrons. The number of carbonyl (C=O) groups is 1. The van der Waals surface area contributed by atoms with Gasteiger partial charge in [-0.2, -0.15) is 0 Å². The van der Waals surface area contributed by atoms with Crippen LogP contribution < -0.4 is 9.80 Å². The highest BCUT2D eigenvalue weighted by molar-refractivity contribution is 6.38. The molecule has 0 radical (unpaired) electrons. The van der Waals surface area contributed by atoms with Gasteiger partial charge in [-0.1, -0.05) is 48.0 Å². The van der Waals surface area contributed by atoms with E-state index >= 15 is 0 Å². The first-order chi connectivity index (χ1) is 16.7. The predicted molar refractivity (Wildman–Crippen MR) is 137 cm³/mol. The topological polar surface area (TPSA) is 45.9 Å². The van der Waals surface area contributed by atoms with E-state index in [-0.39, 0.29) is 5.76 Å². The molecular formula is C28H27ClN2O3. The van der Waals surface area contributed by atoms with Crippen LogP contribution in [0.5, 0.6) is 0 Å². The Labute approximate surface area is 204 Å². The fraction of sp³-hybridized carbons (Fsp3) is 0.250. The average molecular weight is 475 g/mol. The summed E-state index contributed by atoms with van der Waals surface area (Å²) < 4.78 is 10.7. The zero-order valence-corrected chi connectivity index (χ0v) is 19.9. The molecule has 5 rings (SSSR count). The van der Waals surface area contributed by atoms with Gasteiger partial charge in [0, 0.05) is 42.0 Å². The van der Waals surface area contributed by atoms with Crippen LogP contribution in [0.25, 0.3) is 11.0 Å². The first-order valence-electron chi connectivity index (χ1n) is 11.7. The number of fused-ring (bicyclic) bond motifs is 1. The molecule has 1 aliphatic rings. The highest BCUT2D eigenvalue weighted by atomic mass is 35.5. The van der Waals surface area contributed by atoms with Crippen LogP contribution in [0.4, 0.5) is 17.1 Å². The van der Waals surface area contributed by atoms with E-state index < -0.39 is 5.97 Å². The van der Waals surface area contributed by atoms with Gasteiger partial charge in [0.15, 0.2) is 0 Å². The first kappa shape index (κ1) is 22.4. The van der Waals surface area contributed by atoms with Crippen molar-refractivity contribution >= 4 is 45.6 Å². The zero-order valence-electron chi connectivity index (χ0n) is 19.1. The number of anilines is 3. The highest BCUT2D eigenvalue weighted by Gasteiger charge is 2.28. The number of para-hydroxylation sites is 2. The molecule has 3 aromatic carbocycles. The molecule has 1 saturated heterocycles. The molecule has 0 spiro atoms. The van der Waals surface area contributed by atoms with Crippen LogP contribution in [0.3, 0.4) is 0 Å². The number of benzene rings is 3. The maximum Gasteiger partial charge on any atom is 0.374 e. The monoisotopic (exact) mass is 474 g/mol. The van der Waals surface area contributed by atoms with Crippen molar-refractivity contribution in [2.24, 2.45) is 0 Å². The van der Waals surface area contributed by atoms with E-state index in [2.05, 4.69) is 70.5 Å². The van der Waals surface area contributed by atoms with Crippen molar-refractivity contribution < 1.29 is 13.9 Å². The van der Waals surface area contributed by atoms with E-state index in [0.717, 1.165) is 37.0 Å². The van der Waals surface area contributed by atoms with Gasteiger partial charge in [0.05, 0.1) is 17.3 Å². The number of piperidine rings is 1. The SMILES string of the molecule is CCOC(=O)c1cc2c(Cl)c(N3CCC(N(c4ccccc4)c4ccccc4)CC3)ccc2o1. The Hall–Kier alpha value is -3.44. The van der Waals surface area contributed by atoms with E-state index in [9.17, 15) is 4.79 Å². The molecule has 0 N–H and O–H groups in total. The summed E-state index contributed by atoms with van der Waals surface area (Å²) in [6, 6.07) is 27.1. The molecule has 4 aromatic rings. The molecule has 0 unspecified atom stereocenters. The Morgan fingerprint density at radius 1 is 1.00 bits per heavy atom. The maximum absolute atomic E-state index is 12.1. The second-order valence-corrected chi connectivity index (χ2v) is 8.78. The number of nitrogens with zero attached hydrogens (tertiary/aromatic N) is 2. The van der Waals surface area contributed by atoms with Crippen LogP contribution in [-0.2, 0) is 4.74 Å². The number of hydrogen-bond donors (Lipinski definition) is 0. The van der Waals surface area contributed by atoms with Gasteiger partial charge in [-0.3, -0.25) is 0 Å². The van der Waals surface area contributed by atoms with Gasteiger partial charge < -0.3 is 19.0 Å². The predicted octanol–water partition coefficient (Wildman–Crippen LogP) is 7.07. The molecule has 5 nitrogen and oxygen atoms in total. The van der Waals surface area contributed by atoms with Gasteiger partial charge in [-0.15, -0.1) is 0 Å². The third kappa shape index (κ3) is 4.36. The molecule has 2 heterocycles. The third-order valence-corrected chi connectivity index (χ3v) is 6.73. The molecule has 1 aromatic heterocycles. The maximum atomic E-state index is 12.1. The standard InChI is InChI=1S/C28H27ClN2O3/c1-2-33-28(32)26-19-23-25(34-26)14-13-24(27(23)29)30-17-15-22(16-18-30)31(20-9-5-3-6-10-20)21-11-7-4-8-12-21/h3-14,19,22H,2,15-18H2,1H3. The van der Waals surface area contributed by atoms with Crippen LogP contribution in [0.1, 0.15) is 30.3 Å². The van der Waals surface area contributed by atoms with Gasteiger partial charge in [-0.05, 0) is 56.2 Å². The summed E-state index contributed by atoms with van der Waals surface area (Å²) in [7, 11) is 0. The molecule has 0 bridgehead atoms. The summed E-state index contributed by atoms with van der Waals surface area (Å²) in [5.41, 5.74) is 3.97. The summed E-state index contributed by atoms with van der Waals surface area (Å²) >= 11 is 6.80. The van der Waals surface area contributed by atoms with E-state index in [0.29, 0.717) is 23.3 Å². The normalized spacial score (nSPS) is 14.4. The minimum atomic E-state index is -0.473. The molecule has 6 heteroatoms. The average Bonchev–Trinajstić information content (AvgIpc) is 3.32. The Bertz CT molecular complexity index is 1230. The van der Waals surface area contributed by atoms with Gasteiger partial charge in [0.2, 0.25) is 5.76 Å². The van der Waals surface area contributed by atoms with Crippen molar-refractivity contribution in [2.45, 2.75) is 25.8 Å². The Balaban J connectivity index is 1.37. The number of ether oxygens (including phenoxy) is 1. The van der Waals surface area contributed by atoms with Gasteiger partial charge >= 0.3 is 5.97 Å². The molecule has 0 saturated carbocycles. The number of hydrogen-bond acceptors (Lipinski definition) is 5. The molecule has 1 aliphatic heterocycles. The zero-order chi connectivity index (χ0) is 23.5. The summed E-state index contributed by atoms with van der Waals surface area (Å²) in [6.45, 7) is 3.84. The van der Waals surface area contributed by atoms with Gasteiger partial charge in [0.1, 0.15) is 5.58 Å². The number of rotatable bonds is 6. The van der Waals surface area contributed by atoms with Crippen molar-refractivity contribution in [3.63, 3.8) is 0 Å². The van der Waals surface area contributed by atoms with Crippen LogP contribution in [0.15, 0.2) is 83.3 Å². The van der Waals surface area contributed by atoms with Crippen molar-refractivity contribution in [3.05, 3.63) is 89.6 Å². The lowest BCUT2D eigenvalue weighted by molar-refractivity contribution is 0.0492. The van der Waals surface area contributed by atoms with E-state index in [1.54, 1.807) is 13.0 Å². The lowest BCUT2D eigenvalue weighted by Gasteiger charge is -2.41. The van der Waals surface area contributed by atoms with Crippen molar-refractivity contribution in [1.29, 1.82) is 0 Å². The van der Waals surface area contributed by atoms with E-state index in [1.165, 1.54) is 11.4 Å². The third-order valence-electron chi connectivity index (χ3n) is 6.33. The number of carbonyl (C=O) groups excluding carboxylic acids is 1. The molecule has 34 heavy (non-hydrogen) atoms. The van der Waals surface area contributed by atoms with Crippen molar-refractivity contribution in [1.82, 2.24) is 0 Å².